The molecule has 0 aromatic rings. The minimum atomic E-state index is 0.520. The Morgan fingerprint density at radius 1 is 1.33 bits per heavy atom. The fourth-order valence-corrected chi connectivity index (χ4v) is 0.655. The van der Waals surface area contributed by atoms with Crippen molar-refractivity contribution in [2.24, 2.45) is 5.92 Å². The van der Waals surface area contributed by atoms with Gasteiger partial charge in [-0.1, -0.05) is 48.4 Å². The average molecular weight is 191 g/mol. The smallest absolute Gasteiger partial charge is 0.0297 e. The highest BCUT2D eigenvalue weighted by Crippen LogP contribution is 2.05. The zero-order chi connectivity index (χ0) is 7.28. The molecule has 0 aliphatic heterocycles. The van der Waals surface area contributed by atoms with E-state index < -0.39 is 0 Å². The summed E-state index contributed by atoms with van der Waals surface area (Å²) >= 11 is 3.45. The summed E-state index contributed by atoms with van der Waals surface area (Å²) in [5.41, 5.74) is 0. The van der Waals surface area contributed by atoms with Crippen LogP contribution in [-0.4, -0.2) is 4.83 Å². The van der Waals surface area contributed by atoms with Crippen LogP contribution in [-0.2, 0) is 0 Å². The number of halogens is 1. The van der Waals surface area contributed by atoms with Gasteiger partial charge >= 0.3 is 0 Å². The molecule has 0 amide bonds. The number of rotatable bonds is 3. The van der Waals surface area contributed by atoms with Gasteiger partial charge in [0, 0.05) is 4.83 Å². The number of hydrogen-bond acceptors (Lipinski definition) is 0. The first-order valence-electron chi connectivity index (χ1n) is 3.49. The van der Waals surface area contributed by atoms with Crippen LogP contribution in [0.5, 0.6) is 0 Å². The monoisotopic (exact) mass is 190 g/mol. The molecule has 0 aromatic heterocycles. The van der Waals surface area contributed by atoms with Gasteiger partial charge in [-0.15, -0.1) is 0 Å². The lowest BCUT2D eigenvalue weighted by atomic mass is 10.1. The Balaban J connectivity index is 3.43. The quantitative estimate of drug-likeness (QED) is 0.473. The molecule has 0 heterocycles. The highest BCUT2D eigenvalue weighted by Gasteiger charge is 1.91. The van der Waals surface area contributed by atoms with E-state index in [1.165, 1.54) is 6.42 Å². The highest BCUT2D eigenvalue weighted by atomic mass is 79.9. The van der Waals surface area contributed by atoms with Crippen molar-refractivity contribution >= 4 is 15.9 Å². The minimum Gasteiger partial charge on any atom is -0.0848 e. The molecule has 2 unspecified atom stereocenters. The van der Waals surface area contributed by atoms with Gasteiger partial charge in [0.05, 0.1) is 0 Å². The molecule has 0 bridgehead atoms. The molecular weight excluding hydrogens is 176 g/mol. The second kappa shape index (κ2) is 5.04. The van der Waals surface area contributed by atoms with E-state index in [1.807, 2.05) is 0 Å². The second-order valence-electron chi connectivity index (χ2n) is 2.45. The molecule has 0 aliphatic rings. The van der Waals surface area contributed by atoms with Crippen LogP contribution < -0.4 is 0 Å². The lowest BCUT2D eigenvalue weighted by Crippen LogP contribution is -1.87. The van der Waals surface area contributed by atoms with E-state index in [9.17, 15) is 0 Å². The average Bonchev–Trinajstić information content (AvgIpc) is 1.83. The summed E-state index contributed by atoms with van der Waals surface area (Å²) in [7, 11) is 0. The molecule has 9 heavy (non-hydrogen) atoms. The minimum absolute atomic E-state index is 0.520. The molecule has 1 heteroatoms. The first-order valence-corrected chi connectivity index (χ1v) is 4.40. The Labute approximate surface area is 66.5 Å². The molecule has 0 rings (SSSR count). The Hall–Kier alpha value is 0.220. The van der Waals surface area contributed by atoms with Crippen LogP contribution in [0.1, 0.15) is 27.2 Å². The Kier molecular flexibility index (Phi) is 5.16. The lowest BCUT2D eigenvalue weighted by Gasteiger charge is -1.99. The van der Waals surface area contributed by atoms with Crippen LogP contribution in [0.2, 0.25) is 0 Å². The fourth-order valence-electron chi connectivity index (χ4n) is 0.479. The topological polar surface area (TPSA) is 0 Å². The number of alkyl halides is 1. The Morgan fingerprint density at radius 3 is 2.22 bits per heavy atom. The van der Waals surface area contributed by atoms with E-state index in [2.05, 4.69) is 48.9 Å². The zero-order valence-corrected chi connectivity index (χ0v) is 7.98. The van der Waals surface area contributed by atoms with Gasteiger partial charge in [-0.3, -0.25) is 0 Å². The van der Waals surface area contributed by atoms with Gasteiger partial charge in [0.15, 0.2) is 0 Å². The number of hydrogen-bond donors (Lipinski definition) is 0. The van der Waals surface area contributed by atoms with Crippen LogP contribution in [0.25, 0.3) is 0 Å². The summed E-state index contributed by atoms with van der Waals surface area (Å²) in [6.07, 6.45) is 5.67. The van der Waals surface area contributed by atoms with Crippen molar-refractivity contribution < 1.29 is 0 Å². The molecule has 0 radical (unpaired) electrons. The van der Waals surface area contributed by atoms with Gasteiger partial charge in [0.1, 0.15) is 0 Å². The molecule has 54 valence electrons. The van der Waals surface area contributed by atoms with E-state index in [0.29, 0.717) is 4.83 Å². The van der Waals surface area contributed by atoms with Crippen molar-refractivity contribution in [3.63, 3.8) is 0 Å². The van der Waals surface area contributed by atoms with E-state index in [1.54, 1.807) is 0 Å². The van der Waals surface area contributed by atoms with Crippen LogP contribution in [0.4, 0.5) is 0 Å². The summed E-state index contributed by atoms with van der Waals surface area (Å²) in [5, 5.41) is 0. The summed E-state index contributed by atoms with van der Waals surface area (Å²) in [6, 6.07) is 0. The lowest BCUT2D eigenvalue weighted by molar-refractivity contribution is 0.696. The maximum absolute atomic E-state index is 3.45. The van der Waals surface area contributed by atoms with Crippen LogP contribution >= 0.6 is 15.9 Å². The SMILES string of the molecule is CCC(C)C=CC(C)Br. The summed E-state index contributed by atoms with van der Waals surface area (Å²) < 4.78 is 0. The van der Waals surface area contributed by atoms with Crippen LogP contribution in [0.15, 0.2) is 12.2 Å². The van der Waals surface area contributed by atoms with Crippen molar-refractivity contribution in [2.75, 3.05) is 0 Å². The van der Waals surface area contributed by atoms with Gasteiger partial charge in [-0.2, -0.15) is 0 Å². The molecule has 0 nitrogen and oxygen atoms in total. The maximum atomic E-state index is 3.45. The largest absolute Gasteiger partial charge is 0.0848 e. The van der Waals surface area contributed by atoms with Gasteiger partial charge in [0.25, 0.3) is 0 Å². The molecule has 0 aromatic carbocycles. The first-order chi connectivity index (χ1) is 4.16. The van der Waals surface area contributed by atoms with Crippen LogP contribution in [0.3, 0.4) is 0 Å². The predicted molar refractivity (Wildman–Crippen MR) is 47.0 cm³/mol. The fraction of sp³-hybridized carbons (Fsp3) is 0.750. The molecule has 0 saturated heterocycles. The summed E-state index contributed by atoms with van der Waals surface area (Å²) in [5.74, 6) is 0.727. The normalized spacial score (nSPS) is 18.2. The third kappa shape index (κ3) is 6.10. The molecule has 0 fully saturated rings. The van der Waals surface area contributed by atoms with Crippen molar-refractivity contribution in [1.29, 1.82) is 0 Å². The molecular formula is C8H15Br. The van der Waals surface area contributed by atoms with Gasteiger partial charge in [-0.05, 0) is 12.8 Å². The van der Waals surface area contributed by atoms with E-state index in [-0.39, 0.29) is 0 Å². The van der Waals surface area contributed by atoms with E-state index in [4.69, 9.17) is 0 Å². The number of allylic oxidation sites excluding steroid dienone is 2. The van der Waals surface area contributed by atoms with Gasteiger partial charge in [0.2, 0.25) is 0 Å². The van der Waals surface area contributed by atoms with Crippen molar-refractivity contribution in [2.45, 2.75) is 32.0 Å². The van der Waals surface area contributed by atoms with E-state index in [0.717, 1.165) is 5.92 Å². The third-order valence-corrected chi connectivity index (χ3v) is 1.65. The standard InChI is InChI=1S/C8H15Br/c1-4-7(2)5-6-8(3)9/h5-8H,4H2,1-3H3. The first kappa shape index (κ1) is 9.22. The van der Waals surface area contributed by atoms with Gasteiger partial charge < -0.3 is 0 Å². The highest BCUT2D eigenvalue weighted by molar-refractivity contribution is 9.09. The van der Waals surface area contributed by atoms with Crippen molar-refractivity contribution in [1.82, 2.24) is 0 Å². The zero-order valence-electron chi connectivity index (χ0n) is 6.39. The second-order valence-corrected chi connectivity index (χ2v) is 3.89. The maximum Gasteiger partial charge on any atom is 0.0297 e. The predicted octanol–water partition coefficient (Wildman–Crippen LogP) is 3.37. The molecule has 0 N–H and O–H groups in total. The Bertz CT molecular complexity index is 84.6. The summed E-state index contributed by atoms with van der Waals surface area (Å²) in [4.78, 5) is 0.520. The van der Waals surface area contributed by atoms with Crippen LogP contribution in [0, 0.1) is 5.92 Å². The molecule has 0 aliphatic carbocycles. The molecule has 0 saturated carbocycles. The molecule has 2 atom stereocenters. The Morgan fingerprint density at radius 2 is 1.89 bits per heavy atom. The molecule has 0 spiro atoms. The van der Waals surface area contributed by atoms with E-state index >= 15 is 0 Å². The third-order valence-electron chi connectivity index (χ3n) is 1.35. The van der Waals surface area contributed by atoms with Crippen molar-refractivity contribution in [3.05, 3.63) is 12.2 Å². The van der Waals surface area contributed by atoms with Gasteiger partial charge in [-0.25, -0.2) is 0 Å². The van der Waals surface area contributed by atoms with Crippen molar-refractivity contribution in [3.8, 4) is 0 Å². The summed E-state index contributed by atoms with van der Waals surface area (Å²) in [6.45, 7) is 6.55.